The van der Waals surface area contributed by atoms with E-state index in [0.29, 0.717) is 18.9 Å². The predicted octanol–water partition coefficient (Wildman–Crippen LogP) is 0.192. The molecule has 0 amide bonds. The number of aromatic nitrogens is 4. The van der Waals surface area contributed by atoms with Crippen molar-refractivity contribution in [2.45, 2.75) is 13.0 Å². The zero-order valence-electron chi connectivity index (χ0n) is 8.13. The zero-order chi connectivity index (χ0) is 10.3. The Balaban J connectivity index is 1.68. The molecule has 0 aliphatic rings. The van der Waals surface area contributed by atoms with Crippen LogP contribution in [0.15, 0.2) is 29.3 Å². The quantitative estimate of drug-likeness (QED) is 0.702. The molecule has 2 aromatic rings. The van der Waals surface area contributed by atoms with E-state index >= 15 is 0 Å². The summed E-state index contributed by atoms with van der Waals surface area (Å²) in [6.45, 7) is 1.41. The summed E-state index contributed by atoms with van der Waals surface area (Å²) < 4.78 is 4.85. The smallest absolute Gasteiger partial charge is 0.227 e. The Morgan fingerprint density at radius 3 is 2.80 bits per heavy atom. The Kier molecular flexibility index (Phi) is 3.34. The number of hydrogen-bond acceptors (Lipinski definition) is 6. The molecule has 0 saturated heterocycles. The first kappa shape index (κ1) is 9.72. The van der Waals surface area contributed by atoms with Gasteiger partial charge in [0, 0.05) is 25.4 Å². The second-order valence-electron chi connectivity index (χ2n) is 2.93. The van der Waals surface area contributed by atoms with Crippen LogP contribution in [0.3, 0.4) is 0 Å². The topological polar surface area (TPSA) is 76.7 Å². The summed E-state index contributed by atoms with van der Waals surface area (Å²) in [7, 11) is 0. The van der Waals surface area contributed by atoms with Gasteiger partial charge in [0.25, 0.3) is 0 Å². The lowest BCUT2D eigenvalue weighted by molar-refractivity contribution is 0.374. The highest BCUT2D eigenvalue weighted by atomic mass is 16.5. The molecule has 0 saturated carbocycles. The van der Waals surface area contributed by atoms with Gasteiger partial charge in [-0.1, -0.05) is 5.16 Å². The summed E-state index contributed by atoms with van der Waals surface area (Å²) in [5, 5.41) is 6.71. The second kappa shape index (κ2) is 5.16. The van der Waals surface area contributed by atoms with Gasteiger partial charge in [0.1, 0.15) is 5.82 Å². The van der Waals surface area contributed by atoms with Crippen LogP contribution in [-0.2, 0) is 13.0 Å². The molecule has 0 aliphatic carbocycles. The molecule has 0 aliphatic heterocycles. The largest absolute Gasteiger partial charge is 0.340 e. The maximum Gasteiger partial charge on any atom is 0.227 e. The Bertz CT molecular complexity index is 375. The van der Waals surface area contributed by atoms with Gasteiger partial charge in [-0.3, -0.25) is 0 Å². The van der Waals surface area contributed by atoms with Crippen molar-refractivity contribution in [1.82, 2.24) is 25.4 Å². The third kappa shape index (κ3) is 3.10. The summed E-state index contributed by atoms with van der Waals surface area (Å²) in [6, 6.07) is 1.79. The first-order valence-electron chi connectivity index (χ1n) is 4.67. The van der Waals surface area contributed by atoms with Gasteiger partial charge in [-0.05, 0) is 6.07 Å². The van der Waals surface area contributed by atoms with Crippen LogP contribution in [0.1, 0.15) is 11.7 Å². The van der Waals surface area contributed by atoms with Crippen molar-refractivity contribution in [3.05, 3.63) is 36.5 Å². The lowest BCUT2D eigenvalue weighted by Gasteiger charge is -2.00. The zero-order valence-corrected chi connectivity index (χ0v) is 8.13. The van der Waals surface area contributed by atoms with Crippen LogP contribution in [-0.4, -0.2) is 26.7 Å². The number of nitrogens with one attached hydrogen (secondary N) is 1. The highest BCUT2D eigenvalue weighted by Crippen LogP contribution is 1.91. The molecule has 1 N–H and O–H groups in total. The standard InChI is InChI=1S/C9H11N5O/c1-3-11-8(12-4-1)6-10-5-2-9-13-7-14-15-9/h1,3-4,7,10H,2,5-6H2. The number of hydrogen-bond donors (Lipinski definition) is 1. The minimum absolute atomic E-state index is 0.636. The van der Waals surface area contributed by atoms with E-state index in [4.69, 9.17) is 4.52 Å². The molecule has 0 radical (unpaired) electrons. The van der Waals surface area contributed by atoms with Crippen LogP contribution in [0, 0.1) is 0 Å². The van der Waals surface area contributed by atoms with Gasteiger partial charge in [-0.2, -0.15) is 4.98 Å². The molecule has 0 atom stereocenters. The van der Waals surface area contributed by atoms with Gasteiger partial charge >= 0.3 is 0 Å². The summed E-state index contributed by atoms with van der Waals surface area (Å²) in [5.74, 6) is 1.42. The molecular weight excluding hydrogens is 194 g/mol. The van der Waals surface area contributed by atoms with E-state index in [2.05, 4.69) is 25.4 Å². The van der Waals surface area contributed by atoms with Crippen LogP contribution in [0.5, 0.6) is 0 Å². The van der Waals surface area contributed by atoms with E-state index in [9.17, 15) is 0 Å². The van der Waals surface area contributed by atoms with Crippen molar-refractivity contribution < 1.29 is 4.52 Å². The average Bonchev–Trinajstić information content (AvgIpc) is 2.79. The van der Waals surface area contributed by atoms with Crippen molar-refractivity contribution >= 4 is 0 Å². The van der Waals surface area contributed by atoms with Crippen molar-refractivity contribution in [3.8, 4) is 0 Å². The molecule has 78 valence electrons. The second-order valence-corrected chi connectivity index (χ2v) is 2.93. The molecule has 0 aromatic carbocycles. The number of nitrogens with zero attached hydrogens (tertiary/aromatic N) is 4. The molecule has 6 nitrogen and oxygen atoms in total. The highest BCUT2D eigenvalue weighted by molar-refractivity contribution is 4.88. The molecule has 0 fully saturated rings. The minimum atomic E-state index is 0.636. The van der Waals surface area contributed by atoms with Crippen molar-refractivity contribution in [2.75, 3.05) is 6.54 Å². The Labute approximate surface area is 86.8 Å². The van der Waals surface area contributed by atoms with Crippen LogP contribution in [0.4, 0.5) is 0 Å². The normalized spacial score (nSPS) is 10.4. The Morgan fingerprint density at radius 2 is 2.07 bits per heavy atom. The Morgan fingerprint density at radius 1 is 1.20 bits per heavy atom. The van der Waals surface area contributed by atoms with Gasteiger partial charge < -0.3 is 9.84 Å². The maximum atomic E-state index is 4.85. The van der Waals surface area contributed by atoms with Crippen LogP contribution in [0.25, 0.3) is 0 Å². The monoisotopic (exact) mass is 205 g/mol. The molecule has 15 heavy (non-hydrogen) atoms. The summed E-state index contributed by atoms with van der Waals surface area (Å²) in [6.07, 6.45) is 5.56. The maximum absolute atomic E-state index is 4.85. The third-order valence-corrected chi connectivity index (χ3v) is 1.82. The van der Waals surface area contributed by atoms with E-state index in [1.54, 1.807) is 18.5 Å². The first-order valence-corrected chi connectivity index (χ1v) is 4.67. The van der Waals surface area contributed by atoms with Crippen molar-refractivity contribution in [1.29, 1.82) is 0 Å². The van der Waals surface area contributed by atoms with Gasteiger partial charge in [-0.25, -0.2) is 9.97 Å². The van der Waals surface area contributed by atoms with E-state index < -0.39 is 0 Å². The van der Waals surface area contributed by atoms with Gasteiger partial charge in [0.05, 0.1) is 6.54 Å². The predicted molar refractivity (Wildman–Crippen MR) is 51.7 cm³/mol. The molecular formula is C9H11N5O. The summed E-state index contributed by atoms with van der Waals surface area (Å²) in [4.78, 5) is 12.1. The minimum Gasteiger partial charge on any atom is -0.340 e. The lowest BCUT2D eigenvalue weighted by Crippen LogP contribution is -2.18. The Hall–Kier alpha value is -1.82. The fraction of sp³-hybridized carbons (Fsp3) is 0.333. The van der Waals surface area contributed by atoms with E-state index in [1.165, 1.54) is 6.33 Å². The SMILES string of the molecule is c1cnc(CNCCc2ncno2)nc1. The van der Waals surface area contributed by atoms with Crippen molar-refractivity contribution in [3.63, 3.8) is 0 Å². The van der Waals surface area contributed by atoms with Gasteiger partial charge in [0.2, 0.25) is 5.89 Å². The summed E-state index contributed by atoms with van der Waals surface area (Å²) >= 11 is 0. The van der Waals surface area contributed by atoms with E-state index in [1.807, 2.05) is 0 Å². The molecule has 2 rings (SSSR count). The van der Waals surface area contributed by atoms with Crippen LogP contribution >= 0.6 is 0 Å². The van der Waals surface area contributed by atoms with Crippen LogP contribution in [0.2, 0.25) is 0 Å². The van der Waals surface area contributed by atoms with Gasteiger partial charge in [0.15, 0.2) is 6.33 Å². The van der Waals surface area contributed by atoms with Crippen LogP contribution < -0.4 is 5.32 Å². The third-order valence-electron chi connectivity index (χ3n) is 1.82. The molecule has 2 aromatic heterocycles. The summed E-state index contributed by atoms with van der Waals surface area (Å²) in [5.41, 5.74) is 0. The van der Waals surface area contributed by atoms with Crippen molar-refractivity contribution in [2.24, 2.45) is 0 Å². The lowest BCUT2D eigenvalue weighted by atomic mass is 10.4. The fourth-order valence-corrected chi connectivity index (χ4v) is 1.12. The van der Waals surface area contributed by atoms with E-state index in [-0.39, 0.29) is 0 Å². The van der Waals surface area contributed by atoms with Gasteiger partial charge in [-0.15, -0.1) is 0 Å². The first-order chi connectivity index (χ1) is 7.45. The molecule has 0 unspecified atom stereocenters. The molecule has 0 spiro atoms. The molecule has 0 bridgehead atoms. The average molecular weight is 205 g/mol. The fourth-order valence-electron chi connectivity index (χ4n) is 1.12. The molecule has 2 heterocycles. The van der Waals surface area contributed by atoms with E-state index in [0.717, 1.165) is 12.4 Å². The number of rotatable bonds is 5. The highest BCUT2D eigenvalue weighted by Gasteiger charge is 1.98. The molecule has 6 heteroatoms.